The molecular weight excluding hydrogens is 194 g/mol. The van der Waals surface area contributed by atoms with Gasteiger partial charge in [-0.05, 0) is 18.2 Å². The number of ether oxygens (including phenoxy) is 1. The molecule has 1 aromatic rings. The highest BCUT2D eigenvalue weighted by molar-refractivity contribution is 5.99. The van der Waals surface area contributed by atoms with Gasteiger partial charge in [-0.3, -0.25) is 9.83 Å². The van der Waals surface area contributed by atoms with Crippen molar-refractivity contribution in [1.82, 2.24) is 5.48 Å². The third kappa shape index (κ3) is 2.02. The SMILES string of the molecule is COc1cc(C2=NCCON2)ccc1N. The molecule has 1 aliphatic rings. The van der Waals surface area contributed by atoms with Gasteiger partial charge in [0.15, 0.2) is 5.84 Å². The molecule has 80 valence electrons. The van der Waals surface area contributed by atoms with Crippen LogP contribution in [0.3, 0.4) is 0 Å². The second kappa shape index (κ2) is 4.18. The van der Waals surface area contributed by atoms with E-state index < -0.39 is 0 Å². The summed E-state index contributed by atoms with van der Waals surface area (Å²) in [5, 5.41) is 0. The lowest BCUT2D eigenvalue weighted by Gasteiger charge is -2.15. The summed E-state index contributed by atoms with van der Waals surface area (Å²) < 4.78 is 5.13. The Morgan fingerprint density at radius 2 is 2.40 bits per heavy atom. The lowest BCUT2D eigenvalue weighted by atomic mass is 10.1. The van der Waals surface area contributed by atoms with E-state index in [1.807, 2.05) is 12.1 Å². The van der Waals surface area contributed by atoms with E-state index in [0.29, 0.717) is 30.4 Å². The number of methoxy groups -OCH3 is 1. The van der Waals surface area contributed by atoms with Crippen LogP contribution in [0.4, 0.5) is 5.69 Å². The largest absolute Gasteiger partial charge is 0.495 e. The molecule has 1 aliphatic heterocycles. The van der Waals surface area contributed by atoms with Gasteiger partial charge in [-0.15, -0.1) is 0 Å². The van der Waals surface area contributed by atoms with Gasteiger partial charge in [0.25, 0.3) is 0 Å². The molecule has 0 aromatic heterocycles. The fourth-order valence-corrected chi connectivity index (χ4v) is 1.36. The van der Waals surface area contributed by atoms with Crippen molar-refractivity contribution in [2.45, 2.75) is 0 Å². The van der Waals surface area contributed by atoms with Crippen molar-refractivity contribution in [1.29, 1.82) is 0 Å². The fraction of sp³-hybridized carbons (Fsp3) is 0.300. The van der Waals surface area contributed by atoms with Gasteiger partial charge in [0.2, 0.25) is 0 Å². The van der Waals surface area contributed by atoms with Crippen molar-refractivity contribution in [3.05, 3.63) is 23.8 Å². The zero-order valence-electron chi connectivity index (χ0n) is 8.49. The third-order valence-electron chi connectivity index (χ3n) is 2.14. The summed E-state index contributed by atoms with van der Waals surface area (Å²) in [6, 6.07) is 5.49. The predicted octanol–water partition coefficient (Wildman–Crippen LogP) is 0.559. The highest BCUT2D eigenvalue weighted by Gasteiger charge is 2.09. The van der Waals surface area contributed by atoms with Gasteiger partial charge in [-0.1, -0.05) is 0 Å². The molecule has 0 fully saturated rings. The van der Waals surface area contributed by atoms with E-state index in [9.17, 15) is 0 Å². The Hall–Kier alpha value is -1.75. The van der Waals surface area contributed by atoms with Crippen LogP contribution in [0, 0.1) is 0 Å². The molecule has 0 atom stereocenters. The first kappa shape index (κ1) is 9.79. The Bertz CT molecular complexity index is 390. The minimum absolute atomic E-state index is 0.593. The van der Waals surface area contributed by atoms with Crippen LogP contribution in [0.5, 0.6) is 5.75 Å². The van der Waals surface area contributed by atoms with Crippen molar-refractivity contribution in [3.63, 3.8) is 0 Å². The molecule has 0 radical (unpaired) electrons. The van der Waals surface area contributed by atoms with Gasteiger partial charge in [0, 0.05) is 5.56 Å². The summed E-state index contributed by atoms with van der Waals surface area (Å²) in [5.74, 6) is 1.35. The van der Waals surface area contributed by atoms with Gasteiger partial charge in [0.05, 0.1) is 25.9 Å². The van der Waals surface area contributed by atoms with Crippen molar-refractivity contribution < 1.29 is 9.57 Å². The van der Waals surface area contributed by atoms with Crippen LogP contribution in [0.2, 0.25) is 0 Å². The standard InChI is InChI=1S/C10H13N3O2/c1-14-9-6-7(2-3-8(9)11)10-12-4-5-15-13-10/h2-3,6H,4-5,11H2,1H3,(H,12,13). The number of anilines is 1. The lowest BCUT2D eigenvalue weighted by molar-refractivity contribution is 0.0826. The first-order valence-electron chi connectivity index (χ1n) is 4.67. The summed E-state index contributed by atoms with van der Waals surface area (Å²) in [6.07, 6.45) is 0. The summed E-state index contributed by atoms with van der Waals surface area (Å²) >= 11 is 0. The second-order valence-corrected chi connectivity index (χ2v) is 3.14. The summed E-state index contributed by atoms with van der Waals surface area (Å²) in [4.78, 5) is 9.38. The third-order valence-corrected chi connectivity index (χ3v) is 2.14. The summed E-state index contributed by atoms with van der Waals surface area (Å²) in [5.41, 5.74) is 9.99. The van der Waals surface area contributed by atoms with Crippen LogP contribution in [0.25, 0.3) is 0 Å². The minimum Gasteiger partial charge on any atom is -0.495 e. The molecular formula is C10H13N3O2. The number of nitrogens with two attached hydrogens (primary N) is 1. The molecule has 0 saturated heterocycles. The van der Waals surface area contributed by atoms with Crippen LogP contribution in [0.1, 0.15) is 5.56 Å². The van der Waals surface area contributed by atoms with E-state index in [-0.39, 0.29) is 0 Å². The number of nitrogens with one attached hydrogen (secondary N) is 1. The molecule has 0 amide bonds. The maximum atomic E-state index is 5.71. The molecule has 0 aliphatic carbocycles. The molecule has 1 heterocycles. The monoisotopic (exact) mass is 207 g/mol. The molecule has 0 bridgehead atoms. The lowest BCUT2D eigenvalue weighted by Crippen LogP contribution is -2.30. The van der Waals surface area contributed by atoms with Crippen molar-refractivity contribution in [2.75, 3.05) is 26.0 Å². The first-order valence-corrected chi connectivity index (χ1v) is 4.67. The topological polar surface area (TPSA) is 68.9 Å². The molecule has 5 nitrogen and oxygen atoms in total. The number of amidine groups is 1. The van der Waals surface area contributed by atoms with E-state index in [1.165, 1.54) is 0 Å². The Morgan fingerprint density at radius 1 is 1.53 bits per heavy atom. The van der Waals surface area contributed by atoms with E-state index in [1.54, 1.807) is 13.2 Å². The number of hydrogen-bond donors (Lipinski definition) is 2. The molecule has 0 saturated carbocycles. The van der Waals surface area contributed by atoms with Crippen molar-refractivity contribution in [2.24, 2.45) is 4.99 Å². The fourth-order valence-electron chi connectivity index (χ4n) is 1.36. The molecule has 15 heavy (non-hydrogen) atoms. The quantitative estimate of drug-likeness (QED) is 0.695. The Labute approximate surface area is 87.9 Å². The van der Waals surface area contributed by atoms with Gasteiger partial charge in [-0.2, -0.15) is 0 Å². The van der Waals surface area contributed by atoms with Crippen LogP contribution < -0.4 is 16.0 Å². The number of nitrogens with zero attached hydrogens (tertiary/aromatic N) is 1. The molecule has 0 unspecified atom stereocenters. The van der Waals surface area contributed by atoms with E-state index in [0.717, 1.165) is 5.56 Å². The average molecular weight is 207 g/mol. The van der Waals surface area contributed by atoms with Gasteiger partial charge in [0.1, 0.15) is 5.75 Å². The first-order chi connectivity index (χ1) is 7.31. The van der Waals surface area contributed by atoms with Crippen LogP contribution in [-0.2, 0) is 4.84 Å². The highest BCUT2D eigenvalue weighted by Crippen LogP contribution is 2.22. The number of aliphatic imine (C=N–C) groups is 1. The molecule has 3 N–H and O–H groups in total. The maximum absolute atomic E-state index is 5.71. The zero-order chi connectivity index (χ0) is 10.7. The maximum Gasteiger partial charge on any atom is 0.152 e. The number of rotatable bonds is 2. The van der Waals surface area contributed by atoms with Gasteiger partial charge in [-0.25, -0.2) is 5.48 Å². The normalized spacial score (nSPS) is 15.4. The van der Waals surface area contributed by atoms with Crippen LogP contribution in [-0.4, -0.2) is 26.1 Å². The molecule has 2 rings (SSSR count). The van der Waals surface area contributed by atoms with E-state index in [2.05, 4.69) is 10.5 Å². The summed E-state index contributed by atoms with van der Waals surface area (Å²) in [7, 11) is 1.59. The number of benzene rings is 1. The smallest absolute Gasteiger partial charge is 0.152 e. The highest BCUT2D eigenvalue weighted by atomic mass is 16.6. The van der Waals surface area contributed by atoms with E-state index >= 15 is 0 Å². The van der Waals surface area contributed by atoms with E-state index in [4.69, 9.17) is 15.3 Å². The number of nitrogen functional groups attached to an aromatic ring is 1. The Kier molecular flexibility index (Phi) is 2.73. The molecule has 5 heteroatoms. The number of hydroxylamine groups is 1. The Morgan fingerprint density at radius 3 is 3.07 bits per heavy atom. The van der Waals surface area contributed by atoms with Crippen molar-refractivity contribution >= 4 is 11.5 Å². The second-order valence-electron chi connectivity index (χ2n) is 3.14. The average Bonchev–Trinajstić information content (AvgIpc) is 2.31. The van der Waals surface area contributed by atoms with Crippen LogP contribution in [0.15, 0.2) is 23.2 Å². The molecule has 1 aromatic carbocycles. The van der Waals surface area contributed by atoms with Crippen molar-refractivity contribution in [3.8, 4) is 5.75 Å². The number of hydrogen-bond acceptors (Lipinski definition) is 5. The van der Waals surface area contributed by atoms with Crippen LogP contribution >= 0.6 is 0 Å². The zero-order valence-corrected chi connectivity index (χ0v) is 8.49. The van der Waals surface area contributed by atoms with Gasteiger partial charge < -0.3 is 10.5 Å². The molecule has 0 spiro atoms. The Balaban J connectivity index is 2.32. The van der Waals surface area contributed by atoms with Gasteiger partial charge >= 0.3 is 0 Å². The minimum atomic E-state index is 0.593. The summed E-state index contributed by atoms with van der Waals surface area (Å²) in [6.45, 7) is 1.25. The predicted molar refractivity (Wildman–Crippen MR) is 57.9 cm³/mol.